The summed E-state index contributed by atoms with van der Waals surface area (Å²) in [5.74, 6) is -0.854. The molecule has 4 heteroatoms. The number of carbonyl (C=O) groups excluding carboxylic acids is 1. The van der Waals surface area contributed by atoms with Crippen LogP contribution in [0.5, 0.6) is 0 Å². The largest absolute Gasteiger partial charge is 0.370 e. The van der Waals surface area contributed by atoms with Crippen LogP contribution in [-0.2, 0) is 10.2 Å². The van der Waals surface area contributed by atoms with Gasteiger partial charge in [0.05, 0.1) is 0 Å². The van der Waals surface area contributed by atoms with Gasteiger partial charge in [0.15, 0.2) is 0 Å². The van der Waals surface area contributed by atoms with Gasteiger partial charge in [0.25, 0.3) is 0 Å². The van der Waals surface area contributed by atoms with Crippen LogP contribution in [0.3, 0.4) is 0 Å². The van der Waals surface area contributed by atoms with Gasteiger partial charge in [-0.25, -0.2) is 4.39 Å². The average Bonchev–Trinajstić information content (AvgIpc) is 2.45. The minimum atomic E-state index is -0.693. The number of anilines is 1. The number of halogens is 1. The number of hydrogen-bond donors (Lipinski definition) is 2. The van der Waals surface area contributed by atoms with Gasteiger partial charge in [-0.3, -0.25) is 4.79 Å². The summed E-state index contributed by atoms with van der Waals surface area (Å²) in [6, 6.07) is 12.9. The highest BCUT2D eigenvalue weighted by atomic mass is 19.1. The first kappa shape index (κ1) is 16.0. The first-order valence-electron chi connectivity index (χ1n) is 7.19. The Bertz CT molecular complexity index is 642. The number of nitrogens with one attached hydrogen (secondary N) is 1. The van der Waals surface area contributed by atoms with Crippen molar-refractivity contribution in [1.29, 1.82) is 0 Å². The highest BCUT2D eigenvalue weighted by Crippen LogP contribution is 2.25. The van der Waals surface area contributed by atoms with Crippen LogP contribution >= 0.6 is 0 Å². The van der Waals surface area contributed by atoms with E-state index in [0.717, 1.165) is 5.69 Å². The molecule has 1 amide bonds. The van der Waals surface area contributed by atoms with Gasteiger partial charge in [-0.1, -0.05) is 45.0 Å². The Morgan fingerprint density at radius 3 is 2.05 bits per heavy atom. The third-order valence-corrected chi connectivity index (χ3v) is 3.55. The molecule has 1 atom stereocenters. The third-order valence-electron chi connectivity index (χ3n) is 3.55. The van der Waals surface area contributed by atoms with Crippen molar-refractivity contribution in [2.24, 2.45) is 5.73 Å². The molecule has 0 heterocycles. The monoisotopic (exact) mass is 300 g/mol. The summed E-state index contributed by atoms with van der Waals surface area (Å²) in [4.78, 5) is 11.7. The van der Waals surface area contributed by atoms with E-state index in [9.17, 15) is 9.18 Å². The molecule has 0 saturated carbocycles. The van der Waals surface area contributed by atoms with Crippen LogP contribution in [-0.4, -0.2) is 5.91 Å². The predicted molar refractivity (Wildman–Crippen MR) is 87.1 cm³/mol. The van der Waals surface area contributed by atoms with E-state index >= 15 is 0 Å². The molecule has 116 valence electrons. The molecule has 3 nitrogen and oxygen atoms in total. The minimum absolute atomic E-state index is 0.0680. The van der Waals surface area contributed by atoms with Crippen molar-refractivity contribution in [3.05, 3.63) is 65.5 Å². The molecule has 0 radical (unpaired) electrons. The Hall–Kier alpha value is -2.36. The highest BCUT2D eigenvalue weighted by Gasteiger charge is 2.18. The van der Waals surface area contributed by atoms with E-state index in [1.807, 2.05) is 24.3 Å². The molecular weight excluding hydrogens is 279 g/mol. The van der Waals surface area contributed by atoms with E-state index in [2.05, 4.69) is 26.1 Å². The zero-order valence-corrected chi connectivity index (χ0v) is 13.1. The molecule has 0 aliphatic rings. The van der Waals surface area contributed by atoms with E-state index in [0.29, 0.717) is 5.56 Å². The van der Waals surface area contributed by atoms with E-state index in [1.54, 1.807) is 12.1 Å². The van der Waals surface area contributed by atoms with Gasteiger partial charge in [-0.2, -0.15) is 0 Å². The summed E-state index contributed by atoms with van der Waals surface area (Å²) in [6.07, 6.45) is 0. The van der Waals surface area contributed by atoms with Gasteiger partial charge in [0.2, 0.25) is 5.91 Å². The van der Waals surface area contributed by atoms with Crippen molar-refractivity contribution in [2.45, 2.75) is 32.2 Å². The van der Waals surface area contributed by atoms with Gasteiger partial charge >= 0.3 is 0 Å². The van der Waals surface area contributed by atoms with Gasteiger partial charge in [0, 0.05) is 5.69 Å². The van der Waals surface area contributed by atoms with E-state index in [-0.39, 0.29) is 11.2 Å². The van der Waals surface area contributed by atoms with Crippen LogP contribution in [0.4, 0.5) is 10.1 Å². The predicted octanol–water partition coefficient (Wildman–Crippen LogP) is 3.76. The Balaban J connectivity index is 2.21. The smallest absolute Gasteiger partial charge is 0.244 e. The fourth-order valence-electron chi connectivity index (χ4n) is 2.21. The number of carbonyl (C=O) groups is 1. The van der Waals surface area contributed by atoms with Crippen molar-refractivity contribution in [3.8, 4) is 0 Å². The molecule has 0 aliphatic heterocycles. The van der Waals surface area contributed by atoms with Crippen LogP contribution in [0.1, 0.15) is 37.9 Å². The number of nitrogens with two attached hydrogens (primary N) is 1. The van der Waals surface area contributed by atoms with Crippen LogP contribution in [0, 0.1) is 5.82 Å². The molecule has 0 bridgehead atoms. The molecule has 0 unspecified atom stereocenters. The van der Waals surface area contributed by atoms with Gasteiger partial charge in [-0.15, -0.1) is 0 Å². The maximum absolute atomic E-state index is 13.0. The Labute approximate surface area is 130 Å². The van der Waals surface area contributed by atoms with Crippen molar-refractivity contribution in [2.75, 3.05) is 5.32 Å². The fourth-order valence-corrected chi connectivity index (χ4v) is 2.21. The van der Waals surface area contributed by atoms with E-state index in [4.69, 9.17) is 5.73 Å². The van der Waals surface area contributed by atoms with E-state index < -0.39 is 11.9 Å². The lowest BCUT2D eigenvalue weighted by atomic mass is 9.87. The van der Waals surface area contributed by atoms with E-state index in [1.165, 1.54) is 17.7 Å². The van der Waals surface area contributed by atoms with Crippen molar-refractivity contribution >= 4 is 11.6 Å². The number of rotatable bonds is 4. The number of primary amides is 1. The standard InChI is InChI=1S/C18H21FN2O/c1-18(2,3)13-6-10-15(11-7-13)21-16(17(20)22)12-4-8-14(19)9-5-12/h4-11,16,21H,1-3H3,(H2,20,22)/t16-/m0/s1. The van der Waals surface area contributed by atoms with Crippen molar-refractivity contribution in [3.63, 3.8) is 0 Å². The fraction of sp³-hybridized carbons (Fsp3) is 0.278. The summed E-state index contributed by atoms with van der Waals surface area (Å²) in [5, 5.41) is 3.10. The molecule has 0 fully saturated rings. The van der Waals surface area contributed by atoms with Crippen LogP contribution in [0.2, 0.25) is 0 Å². The number of hydrogen-bond acceptors (Lipinski definition) is 2. The van der Waals surface area contributed by atoms with Crippen LogP contribution < -0.4 is 11.1 Å². The Morgan fingerprint density at radius 2 is 1.59 bits per heavy atom. The number of amides is 1. The summed E-state index contributed by atoms with van der Waals surface area (Å²) < 4.78 is 13.0. The zero-order valence-electron chi connectivity index (χ0n) is 13.1. The van der Waals surface area contributed by atoms with Gasteiger partial charge in [0.1, 0.15) is 11.9 Å². The third kappa shape index (κ3) is 3.85. The number of benzene rings is 2. The van der Waals surface area contributed by atoms with Crippen molar-refractivity contribution < 1.29 is 9.18 Å². The lowest BCUT2D eigenvalue weighted by molar-refractivity contribution is -0.118. The molecule has 22 heavy (non-hydrogen) atoms. The molecule has 0 aromatic heterocycles. The minimum Gasteiger partial charge on any atom is -0.370 e. The van der Waals surface area contributed by atoms with Crippen LogP contribution in [0.25, 0.3) is 0 Å². The molecule has 0 saturated heterocycles. The van der Waals surface area contributed by atoms with Gasteiger partial charge in [-0.05, 0) is 40.8 Å². The SMILES string of the molecule is CC(C)(C)c1ccc(N[C@H](C(N)=O)c2ccc(F)cc2)cc1. The lowest BCUT2D eigenvalue weighted by Gasteiger charge is -2.21. The second kappa shape index (κ2) is 6.18. The average molecular weight is 300 g/mol. The van der Waals surface area contributed by atoms with Crippen molar-refractivity contribution in [1.82, 2.24) is 0 Å². The first-order chi connectivity index (χ1) is 10.3. The summed E-state index contributed by atoms with van der Waals surface area (Å²) in [6.45, 7) is 6.42. The molecule has 0 aliphatic carbocycles. The first-order valence-corrected chi connectivity index (χ1v) is 7.19. The summed E-state index contributed by atoms with van der Waals surface area (Å²) in [7, 11) is 0. The molecule has 2 aromatic rings. The molecule has 2 aromatic carbocycles. The maximum Gasteiger partial charge on any atom is 0.244 e. The zero-order chi connectivity index (χ0) is 16.3. The second-order valence-electron chi connectivity index (χ2n) is 6.36. The quantitative estimate of drug-likeness (QED) is 0.903. The normalized spacial score (nSPS) is 12.7. The second-order valence-corrected chi connectivity index (χ2v) is 6.36. The molecule has 3 N–H and O–H groups in total. The highest BCUT2D eigenvalue weighted by molar-refractivity contribution is 5.84. The topological polar surface area (TPSA) is 55.1 Å². The summed E-state index contributed by atoms with van der Waals surface area (Å²) in [5.41, 5.74) is 8.16. The molecule has 2 rings (SSSR count). The molecular formula is C18H21FN2O. The Morgan fingerprint density at radius 1 is 1.05 bits per heavy atom. The lowest BCUT2D eigenvalue weighted by Crippen LogP contribution is -2.27. The Kier molecular flexibility index (Phi) is 4.50. The summed E-state index contributed by atoms with van der Waals surface area (Å²) >= 11 is 0. The van der Waals surface area contributed by atoms with Gasteiger partial charge < -0.3 is 11.1 Å². The van der Waals surface area contributed by atoms with Crippen LogP contribution in [0.15, 0.2) is 48.5 Å². The maximum atomic E-state index is 13.0. The molecule has 0 spiro atoms.